The van der Waals surface area contributed by atoms with E-state index in [1.165, 1.54) is 11.0 Å². The summed E-state index contributed by atoms with van der Waals surface area (Å²) in [6.07, 6.45) is 0. The zero-order valence-electron chi connectivity index (χ0n) is 10.9. The molecule has 0 radical (unpaired) electrons. The van der Waals surface area contributed by atoms with Gasteiger partial charge in [0.1, 0.15) is 5.82 Å². The predicted octanol–water partition coefficient (Wildman–Crippen LogP) is 3.84. The molecule has 0 aromatic heterocycles. The Balaban J connectivity index is 2.45. The lowest BCUT2D eigenvalue weighted by atomic mass is 10.1. The molecule has 0 aliphatic carbocycles. The molecular formula is C15H14BrFN2O. The number of nitrogens with two attached hydrogens (primary N) is 1. The van der Waals surface area contributed by atoms with Gasteiger partial charge in [0.15, 0.2) is 0 Å². The fourth-order valence-corrected chi connectivity index (χ4v) is 2.39. The first-order chi connectivity index (χ1) is 9.56. The van der Waals surface area contributed by atoms with Gasteiger partial charge in [0.05, 0.1) is 15.7 Å². The first-order valence-electron chi connectivity index (χ1n) is 6.16. The monoisotopic (exact) mass is 336 g/mol. The molecule has 1 amide bonds. The van der Waals surface area contributed by atoms with Crippen molar-refractivity contribution < 1.29 is 9.18 Å². The van der Waals surface area contributed by atoms with E-state index in [4.69, 9.17) is 5.73 Å². The topological polar surface area (TPSA) is 46.3 Å². The largest absolute Gasteiger partial charge is 0.398 e. The van der Waals surface area contributed by atoms with Crippen molar-refractivity contribution in [3.05, 3.63) is 58.3 Å². The Labute approximate surface area is 125 Å². The molecule has 0 heterocycles. The van der Waals surface area contributed by atoms with Gasteiger partial charge in [-0.2, -0.15) is 0 Å². The summed E-state index contributed by atoms with van der Waals surface area (Å²) in [5.74, 6) is -0.723. The first kappa shape index (κ1) is 14.5. The average molecular weight is 337 g/mol. The van der Waals surface area contributed by atoms with Crippen LogP contribution in [-0.2, 0) is 0 Å². The number of anilines is 2. The molecule has 0 bridgehead atoms. The summed E-state index contributed by atoms with van der Waals surface area (Å²) in [7, 11) is 0. The number of rotatable bonds is 3. The normalized spacial score (nSPS) is 10.3. The number of hydrogen-bond donors (Lipinski definition) is 1. The van der Waals surface area contributed by atoms with Crippen LogP contribution in [0.5, 0.6) is 0 Å². The van der Waals surface area contributed by atoms with Crippen molar-refractivity contribution in [2.45, 2.75) is 6.92 Å². The molecule has 0 unspecified atom stereocenters. The van der Waals surface area contributed by atoms with Crippen molar-refractivity contribution in [3.63, 3.8) is 0 Å². The minimum atomic E-state index is -0.428. The number of para-hydroxylation sites is 1. The van der Waals surface area contributed by atoms with E-state index in [0.717, 1.165) is 0 Å². The molecule has 0 fully saturated rings. The van der Waals surface area contributed by atoms with Crippen LogP contribution in [0, 0.1) is 5.82 Å². The summed E-state index contributed by atoms with van der Waals surface area (Å²) in [5, 5.41) is 0. The first-order valence-corrected chi connectivity index (χ1v) is 6.96. The van der Waals surface area contributed by atoms with Crippen LogP contribution in [0.2, 0.25) is 0 Å². The number of hydrogen-bond acceptors (Lipinski definition) is 2. The molecule has 2 aromatic rings. The third-order valence-corrected chi connectivity index (χ3v) is 3.85. The Morgan fingerprint density at radius 3 is 2.60 bits per heavy atom. The molecule has 2 rings (SSSR count). The van der Waals surface area contributed by atoms with Gasteiger partial charge in [0.2, 0.25) is 0 Å². The molecule has 0 aliphatic rings. The molecular weight excluding hydrogens is 323 g/mol. The van der Waals surface area contributed by atoms with E-state index in [-0.39, 0.29) is 11.6 Å². The lowest BCUT2D eigenvalue weighted by Gasteiger charge is -2.22. The third-order valence-electron chi connectivity index (χ3n) is 2.96. The maximum atomic E-state index is 13.9. The van der Waals surface area contributed by atoms with Gasteiger partial charge in [-0.1, -0.05) is 18.2 Å². The van der Waals surface area contributed by atoms with Crippen molar-refractivity contribution in [1.29, 1.82) is 0 Å². The molecule has 0 saturated heterocycles. The maximum absolute atomic E-state index is 13.9. The van der Waals surface area contributed by atoms with Crippen LogP contribution in [0.15, 0.2) is 46.9 Å². The fraction of sp³-hybridized carbons (Fsp3) is 0.133. The lowest BCUT2D eigenvalue weighted by molar-refractivity contribution is 0.0986. The Morgan fingerprint density at radius 2 is 1.95 bits per heavy atom. The van der Waals surface area contributed by atoms with Gasteiger partial charge in [-0.15, -0.1) is 0 Å². The summed E-state index contributed by atoms with van der Waals surface area (Å²) in [4.78, 5) is 14.0. The Hall–Kier alpha value is -1.88. The summed E-state index contributed by atoms with van der Waals surface area (Å²) in [5.41, 5.74) is 6.92. The van der Waals surface area contributed by atoms with Crippen LogP contribution < -0.4 is 10.6 Å². The molecule has 0 spiro atoms. The highest BCUT2D eigenvalue weighted by Crippen LogP contribution is 2.27. The molecule has 0 saturated carbocycles. The predicted molar refractivity (Wildman–Crippen MR) is 82.3 cm³/mol. The van der Waals surface area contributed by atoms with E-state index in [2.05, 4.69) is 15.9 Å². The van der Waals surface area contributed by atoms with Crippen LogP contribution in [0.4, 0.5) is 15.8 Å². The second kappa shape index (κ2) is 6.05. The number of benzene rings is 2. The minimum absolute atomic E-state index is 0.259. The highest BCUT2D eigenvalue weighted by atomic mass is 79.9. The average Bonchev–Trinajstić information content (AvgIpc) is 2.44. The summed E-state index contributed by atoms with van der Waals surface area (Å²) < 4.78 is 14.4. The van der Waals surface area contributed by atoms with Crippen molar-refractivity contribution in [2.75, 3.05) is 17.2 Å². The quantitative estimate of drug-likeness (QED) is 0.865. The summed E-state index contributed by atoms with van der Waals surface area (Å²) in [6.45, 7) is 2.16. The van der Waals surface area contributed by atoms with Crippen LogP contribution >= 0.6 is 15.9 Å². The maximum Gasteiger partial charge on any atom is 0.259 e. The van der Waals surface area contributed by atoms with Gasteiger partial charge in [-0.25, -0.2) is 4.39 Å². The van der Waals surface area contributed by atoms with Crippen molar-refractivity contribution in [2.24, 2.45) is 0 Å². The number of amides is 1. The highest BCUT2D eigenvalue weighted by molar-refractivity contribution is 9.10. The second-order valence-electron chi connectivity index (χ2n) is 4.21. The van der Waals surface area contributed by atoms with Crippen LogP contribution in [0.25, 0.3) is 0 Å². The van der Waals surface area contributed by atoms with E-state index in [9.17, 15) is 9.18 Å². The van der Waals surface area contributed by atoms with Gasteiger partial charge in [0.25, 0.3) is 5.91 Å². The van der Waals surface area contributed by atoms with Gasteiger partial charge in [0, 0.05) is 12.2 Å². The molecule has 2 aromatic carbocycles. The zero-order valence-corrected chi connectivity index (χ0v) is 12.5. The highest BCUT2D eigenvalue weighted by Gasteiger charge is 2.21. The third kappa shape index (κ3) is 2.67. The lowest BCUT2D eigenvalue weighted by Crippen LogP contribution is -2.31. The van der Waals surface area contributed by atoms with Gasteiger partial charge in [-0.3, -0.25) is 4.79 Å². The molecule has 3 nitrogen and oxygen atoms in total. The van der Waals surface area contributed by atoms with E-state index in [1.54, 1.807) is 43.3 Å². The molecule has 104 valence electrons. The second-order valence-corrected chi connectivity index (χ2v) is 5.00. The van der Waals surface area contributed by atoms with Crippen LogP contribution in [-0.4, -0.2) is 12.5 Å². The summed E-state index contributed by atoms with van der Waals surface area (Å²) >= 11 is 3.30. The van der Waals surface area contributed by atoms with Crippen molar-refractivity contribution in [3.8, 4) is 0 Å². The van der Waals surface area contributed by atoms with Crippen molar-refractivity contribution in [1.82, 2.24) is 0 Å². The molecule has 5 heteroatoms. The molecule has 2 N–H and O–H groups in total. The smallest absolute Gasteiger partial charge is 0.259 e. The number of nitrogens with zero attached hydrogens (tertiary/aromatic N) is 1. The van der Waals surface area contributed by atoms with Gasteiger partial charge < -0.3 is 10.6 Å². The molecule has 20 heavy (non-hydrogen) atoms. The summed E-state index contributed by atoms with van der Waals surface area (Å²) in [6, 6.07) is 11.3. The number of carbonyl (C=O) groups is 1. The Morgan fingerprint density at radius 1 is 1.25 bits per heavy atom. The molecule has 0 aliphatic heterocycles. The number of carbonyl (C=O) groups excluding carboxylic acids is 1. The molecule has 0 atom stereocenters. The van der Waals surface area contributed by atoms with Crippen LogP contribution in [0.1, 0.15) is 17.3 Å². The Kier molecular flexibility index (Phi) is 4.39. The zero-order chi connectivity index (χ0) is 14.7. The fourth-order valence-electron chi connectivity index (χ4n) is 1.95. The van der Waals surface area contributed by atoms with Gasteiger partial charge >= 0.3 is 0 Å². The van der Waals surface area contributed by atoms with E-state index < -0.39 is 5.82 Å². The SMILES string of the molecule is CCN(C(=O)c1cccc(N)c1Br)c1ccccc1F. The number of halogens is 2. The van der Waals surface area contributed by atoms with Crippen LogP contribution in [0.3, 0.4) is 0 Å². The standard InChI is InChI=1S/C15H14BrFN2O/c1-2-19(13-9-4-3-7-11(13)17)15(20)10-6-5-8-12(18)14(10)16/h3-9H,2,18H2,1H3. The minimum Gasteiger partial charge on any atom is -0.398 e. The van der Waals surface area contributed by atoms with E-state index in [1.807, 2.05) is 0 Å². The van der Waals surface area contributed by atoms with E-state index >= 15 is 0 Å². The van der Waals surface area contributed by atoms with Gasteiger partial charge in [-0.05, 0) is 47.1 Å². The number of nitrogen functional groups attached to an aromatic ring is 1. The Bertz CT molecular complexity index is 646. The van der Waals surface area contributed by atoms with E-state index in [0.29, 0.717) is 22.3 Å². The van der Waals surface area contributed by atoms with Crippen molar-refractivity contribution >= 4 is 33.2 Å².